The fourth-order valence-corrected chi connectivity index (χ4v) is 3.94. The van der Waals surface area contributed by atoms with Crippen LogP contribution < -0.4 is 10.2 Å². The van der Waals surface area contributed by atoms with Crippen molar-refractivity contribution in [1.82, 2.24) is 19.9 Å². The predicted octanol–water partition coefficient (Wildman–Crippen LogP) is 4.91. The number of aromatic amines is 1. The Bertz CT molecular complexity index is 1170. The fourth-order valence-electron chi connectivity index (χ4n) is 3.40. The number of imide groups is 1. The number of urea groups is 1. The third-order valence-corrected chi connectivity index (χ3v) is 5.80. The number of halogens is 3. The summed E-state index contributed by atoms with van der Waals surface area (Å²) in [4.78, 5) is 39.8. The first-order chi connectivity index (χ1) is 15.5. The molecule has 1 aromatic carbocycles. The molecule has 0 spiro atoms. The van der Waals surface area contributed by atoms with E-state index < -0.39 is 23.0 Å². The number of rotatable bonds is 6. The molecular weight excluding hydrogens is 457 g/mol. The van der Waals surface area contributed by atoms with Crippen LogP contribution in [-0.4, -0.2) is 42.8 Å². The summed E-state index contributed by atoms with van der Waals surface area (Å²) in [6.07, 6.45) is 4.82. The van der Waals surface area contributed by atoms with Gasteiger partial charge in [0.25, 0.3) is 5.91 Å². The summed E-state index contributed by atoms with van der Waals surface area (Å²) in [6, 6.07) is 8.05. The average Bonchev–Trinajstić information content (AvgIpc) is 3.30. The van der Waals surface area contributed by atoms with Gasteiger partial charge in [0.15, 0.2) is 0 Å². The third kappa shape index (κ3) is 4.80. The Morgan fingerprint density at radius 1 is 1.09 bits per heavy atom. The highest BCUT2D eigenvalue weighted by molar-refractivity contribution is 8.00. The van der Waals surface area contributed by atoms with Crippen LogP contribution >= 0.6 is 11.8 Å². The zero-order chi connectivity index (χ0) is 23.8. The number of amides is 3. The summed E-state index contributed by atoms with van der Waals surface area (Å²) in [5, 5.41) is 3.01. The van der Waals surface area contributed by atoms with Crippen LogP contribution in [-0.2, 0) is 11.3 Å². The molecular formula is C21H19F3N6O2S. The van der Waals surface area contributed by atoms with Gasteiger partial charge in [-0.05, 0) is 67.6 Å². The van der Waals surface area contributed by atoms with Gasteiger partial charge in [-0.25, -0.2) is 19.7 Å². The smallest absolute Gasteiger partial charge is 0.331 e. The van der Waals surface area contributed by atoms with Crippen molar-refractivity contribution in [1.29, 1.82) is 0 Å². The van der Waals surface area contributed by atoms with Crippen LogP contribution in [0.3, 0.4) is 0 Å². The third-order valence-electron chi connectivity index (χ3n) is 5.06. The van der Waals surface area contributed by atoms with E-state index in [1.54, 1.807) is 44.6 Å². The van der Waals surface area contributed by atoms with Crippen molar-refractivity contribution in [2.75, 3.05) is 10.2 Å². The summed E-state index contributed by atoms with van der Waals surface area (Å²) in [5.41, 5.74) is -4.64. The molecule has 1 aliphatic heterocycles. The van der Waals surface area contributed by atoms with Gasteiger partial charge in [0, 0.05) is 30.0 Å². The van der Waals surface area contributed by atoms with E-state index in [-0.39, 0.29) is 28.9 Å². The molecule has 0 saturated carbocycles. The van der Waals surface area contributed by atoms with Crippen molar-refractivity contribution in [3.8, 4) is 0 Å². The van der Waals surface area contributed by atoms with E-state index in [4.69, 9.17) is 0 Å². The Balaban J connectivity index is 1.54. The first kappa shape index (κ1) is 22.6. The molecule has 2 aromatic heterocycles. The molecule has 1 saturated heterocycles. The number of pyridine rings is 1. The monoisotopic (exact) mass is 476 g/mol. The summed E-state index contributed by atoms with van der Waals surface area (Å²) in [6.45, 7) is 3.39. The molecule has 2 N–H and O–H groups in total. The Morgan fingerprint density at radius 2 is 1.82 bits per heavy atom. The van der Waals surface area contributed by atoms with E-state index >= 15 is 0 Å². The normalized spacial score (nSPS) is 15.9. The maximum atomic E-state index is 13.2. The van der Waals surface area contributed by atoms with Gasteiger partial charge in [-0.1, -0.05) is 0 Å². The molecule has 1 aliphatic rings. The lowest BCUT2D eigenvalue weighted by molar-refractivity contribution is -0.123. The number of nitrogens with zero attached hydrogens (tertiary/aromatic N) is 4. The largest absolute Gasteiger partial charge is 0.446 e. The Kier molecular flexibility index (Phi) is 5.78. The molecule has 3 aromatic rings. The molecule has 33 heavy (non-hydrogen) atoms. The summed E-state index contributed by atoms with van der Waals surface area (Å²) in [5.74, 6) is 0.547. The van der Waals surface area contributed by atoms with E-state index in [1.165, 1.54) is 29.2 Å². The van der Waals surface area contributed by atoms with Crippen molar-refractivity contribution in [2.45, 2.75) is 36.3 Å². The number of hydrogen-bond donors (Lipinski definition) is 2. The molecule has 12 heteroatoms. The van der Waals surface area contributed by atoms with Crippen LogP contribution in [0.1, 0.15) is 19.4 Å². The topological polar surface area (TPSA) is 94.2 Å². The first-order valence-corrected chi connectivity index (χ1v) is 10.6. The van der Waals surface area contributed by atoms with Gasteiger partial charge in [-0.2, -0.15) is 13.2 Å². The molecule has 0 radical (unpaired) electrons. The highest BCUT2D eigenvalue weighted by Crippen LogP contribution is 2.39. The Hall–Kier alpha value is -3.54. The predicted molar refractivity (Wildman–Crippen MR) is 117 cm³/mol. The number of carbonyl (C=O) groups excluding carboxylic acids is 2. The highest BCUT2D eigenvalue weighted by Gasteiger charge is 2.51. The lowest BCUT2D eigenvalue weighted by Crippen LogP contribution is -2.43. The molecule has 3 amide bonds. The van der Waals surface area contributed by atoms with Crippen molar-refractivity contribution in [2.24, 2.45) is 0 Å². The zero-order valence-corrected chi connectivity index (χ0v) is 18.4. The van der Waals surface area contributed by atoms with Crippen LogP contribution in [0.2, 0.25) is 0 Å². The van der Waals surface area contributed by atoms with Crippen LogP contribution in [0, 0.1) is 0 Å². The number of anilines is 3. The minimum absolute atomic E-state index is 0.0326. The number of alkyl halides is 3. The van der Waals surface area contributed by atoms with E-state index in [2.05, 4.69) is 20.3 Å². The summed E-state index contributed by atoms with van der Waals surface area (Å²) < 4.78 is 37.8. The highest BCUT2D eigenvalue weighted by atomic mass is 32.2. The van der Waals surface area contributed by atoms with Crippen molar-refractivity contribution < 1.29 is 22.8 Å². The molecule has 4 rings (SSSR count). The molecule has 0 atom stereocenters. The molecule has 0 aliphatic carbocycles. The van der Waals surface area contributed by atoms with Crippen molar-refractivity contribution in [3.05, 3.63) is 60.6 Å². The first-order valence-electron chi connectivity index (χ1n) is 9.78. The van der Waals surface area contributed by atoms with Crippen LogP contribution in [0.15, 0.2) is 59.9 Å². The molecule has 3 heterocycles. The number of imidazole rings is 1. The van der Waals surface area contributed by atoms with E-state index in [0.29, 0.717) is 11.8 Å². The van der Waals surface area contributed by atoms with Crippen molar-refractivity contribution in [3.63, 3.8) is 0 Å². The van der Waals surface area contributed by atoms with Gasteiger partial charge in [-0.3, -0.25) is 4.79 Å². The number of nitrogens with one attached hydrogen (secondary N) is 2. The number of benzene rings is 1. The minimum atomic E-state index is -4.42. The number of aromatic nitrogens is 3. The molecule has 8 nitrogen and oxygen atoms in total. The standard InChI is InChI=1S/C21H19F3N6O2S/c1-20(2)17(31)30(14-3-5-15(6-4-14)33-21(22,23)24)19(32)29(20)12-13-7-8-25-16(11-13)28-18-26-9-10-27-18/h3-11H,12H2,1-2H3,(H2,25,26,27,28). The molecule has 1 fully saturated rings. The van der Waals surface area contributed by atoms with E-state index in [9.17, 15) is 22.8 Å². The lowest BCUT2D eigenvalue weighted by Gasteiger charge is -2.27. The van der Waals surface area contributed by atoms with E-state index in [0.717, 1.165) is 10.5 Å². The van der Waals surface area contributed by atoms with Gasteiger partial charge < -0.3 is 15.2 Å². The number of H-pyrrole nitrogens is 1. The van der Waals surface area contributed by atoms with Crippen molar-refractivity contribution >= 4 is 41.2 Å². The Labute approximate surface area is 191 Å². The minimum Gasteiger partial charge on any atom is -0.331 e. The number of hydrogen-bond acceptors (Lipinski definition) is 6. The van der Waals surface area contributed by atoms with Gasteiger partial charge >= 0.3 is 11.5 Å². The fraction of sp³-hybridized carbons (Fsp3) is 0.238. The van der Waals surface area contributed by atoms with Crippen LogP contribution in [0.5, 0.6) is 0 Å². The second kappa shape index (κ2) is 8.43. The zero-order valence-electron chi connectivity index (χ0n) is 17.6. The molecule has 0 unspecified atom stereocenters. The maximum absolute atomic E-state index is 13.2. The molecule has 0 bridgehead atoms. The number of thioether (sulfide) groups is 1. The maximum Gasteiger partial charge on any atom is 0.446 e. The summed E-state index contributed by atoms with van der Waals surface area (Å²) >= 11 is -0.259. The average molecular weight is 476 g/mol. The second-order valence-corrected chi connectivity index (χ2v) is 8.86. The quantitative estimate of drug-likeness (QED) is 0.388. The van der Waals surface area contributed by atoms with Crippen LogP contribution in [0.4, 0.5) is 35.4 Å². The lowest BCUT2D eigenvalue weighted by atomic mass is 10.0. The SMILES string of the molecule is CC1(C)C(=O)N(c2ccc(SC(F)(F)F)cc2)C(=O)N1Cc1ccnc(Nc2ncc[nH]2)c1. The second-order valence-electron chi connectivity index (χ2n) is 7.72. The Morgan fingerprint density at radius 3 is 2.45 bits per heavy atom. The molecule has 172 valence electrons. The van der Waals surface area contributed by atoms with Gasteiger partial charge in [0.2, 0.25) is 5.95 Å². The summed E-state index contributed by atoms with van der Waals surface area (Å²) in [7, 11) is 0. The van der Waals surface area contributed by atoms with Gasteiger partial charge in [0.05, 0.1) is 5.69 Å². The number of carbonyl (C=O) groups is 2. The van der Waals surface area contributed by atoms with E-state index in [1.807, 2.05) is 0 Å². The van der Waals surface area contributed by atoms with Crippen LogP contribution in [0.25, 0.3) is 0 Å². The van der Waals surface area contributed by atoms with Gasteiger partial charge in [-0.15, -0.1) is 0 Å². The van der Waals surface area contributed by atoms with Gasteiger partial charge in [0.1, 0.15) is 11.4 Å².